The fraction of sp³-hybridized carbons (Fsp3) is 0.294. The molecule has 3 heteroatoms. The lowest BCUT2D eigenvalue weighted by Crippen LogP contribution is -2.20. The highest BCUT2D eigenvalue weighted by atomic mass is 79.9. The quantitative estimate of drug-likeness (QED) is 0.853. The highest BCUT2D eigenvalue weighted by Crippen LogP contribution is 2.26. The first-order valence-corrected chi connectivity index (χ1v) is 7.49. The van der Waals surface area contributed by atoms with Gasteiger partial charge >= 0.3 is 0 Å². The number of benzene rings is 2. The van der Waals surface area contributed by atoms with Crippen LogP contribution < -0.4 is 5.32 Å². The topological polar surface area (TPSA) is 12.0 Å². The first-order valence-electron chi connectivity index (χ1n) is 6.69. The van der Waals surface area contributed by atoms with Crippen LogP contribution in [0.15, 0.2) is 40.9 Å². The molecule has 0 aliphatic heterocycles. The Hall–Kier alpha value is -1.19. The van der Waals surface area contributed by atoms with Crippen molar-refractivity contribution in [3.05, 3.63) is 68.9 Å². The average Bonchev–Trinajstić information content (AvgIpc) is 2.39. The molecule has 0 saturated carbocycles. The highest BCUT2D eigenvalue weighted by Gasteiger charge is 2.14. The van der Waals surface area contributed by atoms with E-state index in [9.17, 15) is 4.39 Å². The third-order valence-electron chi connectivity index (χ3n) is 3.59. The Labute approximate surface area is 128 Å². The number of aryl methyl sites for hydroxylation is 2. The number of hydrogen-bond acceptors (Lipinski definition) is 1. The molecule has 1 unspecified atom stereocenters. The Morgan fingerprint density at radius 3 is 2.50 bits per heavy atom. The molecule has 0 aromatic heterocycles. The van der Waals surface area contributed by atoms with Gasteiger partial charge in [0, 0.05) is 10.5 Å². The van der Waals surface area contributed by atoms with Crippen molar-refractivity contribution in [3.63, 3.8) is 0 Å². The van der Waals surface area contributed by atoms with E-state index >= 15 is 0 Å². The standard InChI is InChI=1S/C17H19BrFN/c1-11-4-7-15(12(2)8-11)17(20-3)9-13-5-6-14(19)10-16(13)18/h4-8,10,17,20H,9H2,1-3H3. The van der Waals surface area contributed by atoms with E-state index in [4.69, 9.17) is 0 Å². The summed E-state index contributed by atoms with van der Waals surface area (Å²) in [5.41, 5.74) is 4.94. The highest BCUT2D eigenvalue weighted by molar-refractivity contribution is 9.10. The lowest BCUT2D eigenvalue weighted by Gasteiger charge is -2.20. The Kier molecular flexibility index (Phi) is 4.95. The fourth-order valence-corrected chi connectivity index (χ4v) is 3.00. The van der Waals surface area contributed by atoms with Crippen LogP contribution in [0.1, 0.15) is 28.3 Å². The summed E-state index contributed by atoms with van der Waals surface area (Å²) in [5.74, 6) is -0.215. The summed E-state index contributed by atoms with van der Waals surface area (Å²) in [7, 11) is 1.96. The van der Waals surface area contributed by atoms with E-state index in [1.54, 1.807) is 0 Å². The van der Waals surface area contributed by atoms with Gasteiger partial charge in [-0.2, -0.15) is 0 Å². The lowest BCUT2D eigenvalue weighted by molar-refractivity contribution is 0.584. The summed E-state index contributed by atoms with van der Waals surface area (Å²) in [5, 5.41) is 3.35. The Bertz CT molecular complexity index is 610. The molecule has 1 nitrogen and oxygen atoms in total. The van der Waals surface area contributed by atoms with Gasteiger partial charge in [-0.15, -0.1) is 0 Å². The van der Waals surface area contributed by atoms with Crippen LogP contribution in [0.25, 0.3) is 0 Å². The Balaban J connectivity index is 2.28. The van der Waals surface area contributed by atoms with Crippen LogP contribution in [0, 0.1) is 19.7 Å². The van der Waals surface area contributed by atoms with Gasteiger partial charge in [0.25, 0.3) is 0 Å². The van der Waals surface area contributed by atoms with Crippen LogP contribution in [-0.4, -0.2) is 7.05 Å². The van der Waals surface area contributed by atoms with Crippen molar-refractivity contribution in [2.45, 2.75) is 26.3 Å². The minimum atomic E-state index is -0.215. The molecule has 1 N–H and O–H groups in total. The van der Waals surface area contributed by atoms with Gasteiger partial charge in [-0.05, 0) is 56.1 Å². The van der Waals surface area contributed by atoms with Crippen LogP contribution in [0.4, 0.5) is 4.39 Å². The number of hydrogen-bond donors (Lipinski definition) is 1. The normalized spacial score (nSPS) is 12.4. The summed E-state index contributed by atoms with van der Waals surface area (Å²) >= 11 is 3.44. The van der Waals surface area contributed by atoms with Gasteiger partial charge in [0.15, 0.2) is 0 Å². The van der Waals surface area contributed by atoms with Crippen LogP contribution in [0.2, 0.25) is 0 Å². The molecule has 1 atom stereocenters. The summed E-state index contributed by atoms with van der Waals surface area (Å²) in [6.45, 7) is 4.23. The smallest absolute Gasteiger partial charge is 0.124 e. The number of rotatable bonds is 4. The lowest BCUT2D eigenvalue weighted by atomic mass is 9.94. The van der Waals surface area contributed by atoms with Crippen LogP contribution in [0.3, 0.4) is 0 Å². The van der Waals surface area contributed by atoms with Crippen molar-refractivity contribution >= 4 is 15.9 Å². The monoisotopic (exact) mass is 335 g/mol. The molecular formula is C17H19BrFN. The number of likely N-dealkylation sites (N-methyl/N-ethyl adjacent to an activating group) is 1. The van der Waals surface area contributed by atoms with Crippen LogP contribution in [0.5, 0.6) is 0 Å². The van der Waals surface area contributed by atoms with Crippen LogP contribution in [-0.2, 0) is 6.42 Å². The molecule has 0 bridgehead atoms. The van der Waals surface area contributed by atoms with Gasteiger partial charge in [-0.25, -0.2) is 4.39 Å². The maximum absolute atomic E-state index is 13.2. The molecule has 0 spiro atoms. The van der Waals surface area contributed by atoms with E-state index in [-0.39, 0.29) is 11.9 Å². The summed E-state index contributed by atoms with van der Waals surface area (Å²) in [6.07, 6.45) is 0.821. The molecule has 2 aromatic carbocycles. The Morgan fingerprint density at radius 1 is 1.15 bits per heavy atom. The fourth-order valence-electron chi connectivity index (χ4n) is 2.49. The molecule has 0 aliphatic carbocycles. The van der Waals surface area contributed by atoms with Crippen molar-refractivity contribution in [2.24, 2.45) is 0 Å². The molecule has 0 radical (unpaired) electrons. The maximum atomic E-state index is 13.2. The first kappa shape index (κ1) is 15.2. The molecule has 0 fully saturated rings. The minimum Gasteiger partial charge on any atom is -0.313 e. The van der Waals surface area contributed by atoms with E-state index in [0.717, 1.165) is 16.5 Å². The molecule has 0 amide bonds. The molecule has 2 rings (SSSR count). The van der Waals surface area contributed by atoms with Gasteiger partial charge in [0.2, 0.25) is 0 Å². The minimum absolute atomic E-state index is 0.215. The summed E-state index contributed by atoms with van der Waals surface area (Å²) in [4.78, 5) is 0. The second kappa shape index (κ2) is 6.51. The predicted octanol–water partition coefficient (Wildman–Crippen LogP) is 4.71. The van der Waals surface area contributed by atoms with Gasteiger partial charge in [0.05, 0.1) is 0 Å². The number of nitrogens with one attached hydrogen (secondary N) is 1. The van der Waals surface area contributed by atoms with Crippen molar-refractivity contribution < 1.29 is 4.39 Å². The van der Waals surface area contributed by atoms with Gasteiger partial charge in [0.1, 0.15) is 5.82 Å². The second-order valence-electron chi connectivity index (χ2n) is 5.14. The summed E-state index contributed by atoms with van der Waals surface area (Å²) < 4.78 is 14.0. The zero-order valence-electron chi connectivity index (χ0n) is 12.0. The molecule has 0 saturated heterocycles. The molecule has 20 heavy (non-hydrogen) atoms. The largest absolute Gasteiger partial charge is 0.313 e. The maximum Gasteiger partial charge on any atom is 0.124 e. The van der Waals surface area contributed by atoms with Crippen LogP contribution >= 0.6 is 15.9 Å². The molecular weight excluding hydrogens is 317 g/mol. The second-order valence-corrected chi connectivity index (χ2v) is 6.00. The third-order valence-corrected chi connectivity index (χ3v) is 4.33. The van der Waals surface area contributed by atoms with Crippen molar-refractivity contribution in [1.82, 2.24) is 5.32 Å². The zero-order valence-corrected chi connectivity index (χ0v) is 13.6. The average molecular weight is 336 g/mol. The number of halogens is 2. The van der Waals surface area contributed by atoms with E-state index in [0.29, 0.717) is 0 Å². The van der Waals surface area contributed by atoms with E-state index in [1.807, 2.05) is 13.1 Å². The SMILES string of the molecule is CNC(Cc1ccc(F)cc1Br)c1ccc(C)cc1C. The third kappa shape index (κ3) is 3.47. The van der Waals surface area contributed by atoms with E-state index in [2.05, 4.69) is 53.3 Å². The molecule has 0 aliphatic rings. The van der Waals surface area contributed by atoms with Crippen molar-refractivity contribution in [3.8, 4) is 0 Å². The van der Waals surface area contributed by atoms with Gasteiger partial charge in [-0.3, -0.25) is 0 Å². The molecule has 0 heterocycles. The first-order chi connectivity index (χ1) is 9.51. The predicted molar refractivity (Wildman–Crippen MR) is 85.5 cm³/mol. The van der Waals surface area contributed by atoms with Gasteiger partial charge < -0.3 is 5.32 Å². The van der Waals surface area contributed by atoms with E-state index < -0.39 is 0 Å². The van der Waals surface area contributed by atoms with Gasteiger partial charge in [-0.1, -0.05) is 45.8 Å². The zero-order chi connectivity index (χ0) is 14.7. The molecule has 106 valence electrons. The molecule has 2 aromatic rings. The van der Waals surface area contributed by atoms with Crippen molar-refractivity contribution in [2.75, 3.05) is 7.05 Å². The van der Waals surface area contributed by atoms with Crippen molar-refractivity contribution in [1.29, 1.82) is 0 Å². The summed E-state index contributed by atoms with van der Waals surface area (Å²) in [6, 6.07) is 11.6. The Morgan fingerprint density at radius 2 is 1.90 bits per heavy atom. The van der Waals surface area contributed by atoms with E-state index in [1.165, 1.54) is 28.8 Å².